The monoisotopic (exact) mass is 253 g/mol. The minimum absolute atomic E-state index is 0.0429. The maximum Gasteiger partial charge on any atom is 0.215 e. The van der Waals surface area contributed by atoms with Gasteiger partial charge >= 0.3 is 0 Å². The van der Waals surface area contributed by atoms with E-state index in [4.69, 9.17) is 4.74 Å². The third-order valence-corrected chi connectivity index (χ3v) is 3.78. The first-order chi connectivity index (χ1) is 8.45. The van der Waals surface area contributed by atoms with Gasteiger partial charge in [0.1, 0.15) is 12.8 Å². The molecule has 1 aromatic heterocycles. The fourth-order valence-corrected chi connectivity index (χ4v) is 2.57. The molecule has 0 saturated carbocycles. The predicted octanol–water partition coefficient (Wildman–Crippen LogP) is 1.60. The zero-order valence-corrected chi connectivity index (χ0v) is 11.2. The number of hydrogen-bond donors (Lipinski definition) is 0. The molecule has 0 spiro atoms. The van der Waals surface area contributed by atoms with Crippen LogP contribution in [0.1, 0.15) is 26.3 Å². The smallest absolute Gasteiger partial charge is 0.215 e. The Morgan fingerprint density at radius 1 is 1.33 bits per heavy atom. The molecule has 2 aliphatic rings. The van der Waals surface area contributed by atoms with Gasteiger partial charge in [0, 0.05) is 18.7 Å². The van der Waals surface area contributed by atoms with E-state index in [0.717, 1.165) is 18.0 Å². The van der Waals surface area contributed by atoms with Crippen molar-refractivity contribution >= 4 is 0 Å². The molecule has 0 bridgehead atoms. The van der Waals surface area contributed by atoms with Crippen LogP contribution < -0.4 is 4.74 Å². The predicted molar refractivity (Wildman–Crippen MR) is 66.7 cm³/mol. The summed E-state index contributed by atoms with van der Waals surface area (Å²) in [5, 5.41) is 4.40. The lowest BCUT2D eigenvalue weighted by Gasteiger charge is -2.42. The standard InChI is InChI=1S/C13H20FN3O/c1-13(2,3)11-4-15-17-7-10(8-18-12(11)17)16-5-9(14)6-16/h4,9-10H,5-8H2,1-3H3/t10-/m1/s1. The van der Waals surface area contributed by atoms with Gasteiger partial charge in [-0.05, 0) is 5.41 Å². The highest BCUT2D eigenvalue weighted by molar-refractivity contribution is 5.32. The van der Waals surface area contributed by atoms with Gasteiger partial charge in [0.15, 0.2) is 0 Å². The van der Waals surface area contributed by atoms with Gasteiger partial charge in [0.05, 0.1) is 18.8 Å². The lowest BCUT2D eigenvalue weighted by atomic mass is 9.89. The molecular weight excluding hydrogens is 233 g/mol. The molecular formula is C13H20FN3O. The normalized spacial score (nSPS) is 25.4. The van der Waals surface area contributed by atoms with Crippen LogP contribution in [0.25, 0.3) is 0 Å². The minimum Gasteiger partial charge on any atom is -0.476 e. The number of nitrogens with zero attached hydrogens (tertiary/aromatic N) is 3. The highest BCUT2D eigenvalue weighted by Crippen LogP contribution is 2.34. The second-order valence-electron chi connectivity index (χ2n) is 6.31. The van der Waals surface area contributed by atoms with E-state index in [9.17, 15) is 4.39 Å². The van der Waals surface area contributed by atoms with Gasteiger partial charge in [0.2, 0.25) is 5.88 Å². The Morgan fingerprint density at radius 3 is 2.67 bits per heavy atom. The number of alkyl halides is 1. The SMILES string of the molecule is CC(C)(C)c1cnn2c1OC[C@H](N1CC(F)C1)C2. The molecule has 1 saturated heterocycles. The summed E-state index contributed by atoms with van der Waals surface area (Å²) in [5.74, 6) is 0.885. The third-order valence-electron chi connectivity index (χ3n) is 3.78. The van der Waals surface area contributed by atoms with Crippen LogP contribution in [0.15, 0.2) is 6.20 Å². The molecule has 3 heterocycles. The summed E-state index contributed by atoms with van der Waals surface area (Å²) in [7, 11) is 0. The molecule has 0 radical (unpaired) electrons. The Morgan fingerprint density at radius 2 is 2.06 bits per heavy atom. The van der Waals surface area contributed by atoms with Gasteiger partial charge in [-0.2, -0.15) is 5.10 Å². The Bertz CT molecular complexity index is 446. The summed E-state index contributed by atoms with van der Waals surface area (Å²) >= 11 is 0. The van der Waals surface area contributed by atoms with Crippen LogP contribution >= 0.6 is 0 Å². The van der Waals surface area contributed by atoms with E-state index in [0.29, 0.717) is 19.7 Å². The van der Waals surface area contributed by atoms with E-state index < -0.39 is 6.17 Å². The van der Waals surface area contributed by atoms with Crippen molar-refractivity contribution in [2.45, 2.75) is 44.9 Å². The average molecular weight is 253 g/mol. The minimum atomic E-state index is -0.658. The summed E-state index contributed by atoms with van der Waals surface area (Å²) in [6.07, 6.45) is 1.24. The van der Waals surface area contributed by atoms with E-state index in [2.05, 4.69) is 30.8 Å². The molecule has 2 aliphatic heterocycles. The zero-order chi connectivity index (χ0) is 12.9. The molecule has 0 amide bonds. The molecule has 1 fully saturated rings. The number of rotatable bonds is 1. The lowest BCUT2D eigenvalue weighted by molar-refractivity contribution is -0.0111. The maximum absolute atomic E-state index is 12.9. The van der Waals surface area contributed by atoms with Crippen molar-refractivity contribution in [1.82, 2.24) is 14.7 Å². The summed E-state index contributed by atoms with van der Waals surface area (Å²) < 4.78 is 20.7. The van der Waals surface area contributed by atoms with Crippen molar-refractivity contribution < 1.29 is 9.13 Å². The van der Waals surface area contributed by atoms with Crippen molar-refractivity contribution in [2.24, 2.45) is 0 Å². The van der Waals surface area contributed by atoms with Gasteiger partial charge in [-0.15, -0.1) is 0 Å². The average Bonchev–Trinajstić information content (AvgIpc) is 2.66. The molecule has 18 heavy (non-hydrogen) atoms. The third kappa shape index (κ3) is 1.90. The molecule has 4 nitrogen and oxygen atoms in total. The van der Waals surface area contributed by atoms with E-state index in [1.165, 1.54) is 0 Å². The van der Waals surface area contributed by atoms with Crippen LogP contribution in [0.4, 0.5) is 4.39 Å². The zero-order valence-electron chi connectivity index (χ0n) is 11.2. The number of hydrogen-bond acceptors (Lipinski definition) is 3. The molecule has 3 rings (SSSR count). The van der Waals surface area contributed by atoms with Crippen LogP contribution in [0.2, 0.25) is 0 Å². The van der Waals surface area contributed by atoms with E-state index in [1.54, 1.807) is 0 Å². The maximum atomic E-state index is 12.9. The van der Waals surface area contributed by atoms with Crippen molar-refractivity contribution in [3.8, 4) is 5.88 Å². The van der Waals surface area contributed by atoms with Gasteiger partial charge in [-0.3, -0.25) is 4.90 Å². The fourth-order valence-electron chi connectivity index (χ4n) is 2.57. The number of fused-ring (bicyclic) bond motifs is 1. The van der Waals surface area contributed by atoms with Crippen LogP contribution in [-0.4, -0.2) is 46.6 Å². The van der Waals surface area contributed by atoms with Gasteiger partial charge in [-0.25, -0.2) is 9.07 Å². The molecule has 1 aromatic rings. The first-order valence-corrected chi connectivity index (χ1v) is 6.52. The summed E-state index contributed by atoms with van der Waals surface area (Å²) in [5.41, 5.74) is 1.19. The van der Waals surface area contributed by atoms with Crippen molar-refractivity contribution in [3.63, 3.8) is 0 Å². The second-order valence-corrected chi connectivity index (χ2v) is 6.31. The summed E-state index contributed by atoms with van der Waals surface area (Å²) in [6.45, 7) is 8.99. The summed E-state index contributed by atoms with van der Waals surface area (Å²) in [4.78, 5) is 2.13. The number of halogens is 1. The highest BCUT2D eigenvalue weighted by atomic mass is 19.1. The summed E-state index contributed by atoms with van der Waals surface area (Å²) in [6, 6.07) is 0.261. The Hall–Kier alpha value is -1.10. The Balaban J connectivity index is 1.76. The van der Waals surface area contributed by atoms with Crippen LogP contribution in [0.5, 0.6) is 5.88 Å². The van der Waals surface area contributed by atoms with E-state index in [1.807, 2.05) is 10.9 Å². The topological polar surface area (TPSA) is 30.3 Å². The molecule has 0 unspecified atom stereocenters. The van der Waals surface area contributed by atoms with Crippen LogP contribution in [0, 0.1) is 0 Å². The molecule has 0 aliphatic carbocycles. The number of likely N-dealkylation sites (tertiary alicyclic amines) is 1. The van der Waals surface area contributed by atoms with Crippen LogP contribution in [0.3, 0.4) is 0 Å². The first kappa shape index (κ1) is 12.0. The van der Waals surface area contributed by atoms with E-state index >= 15 is 0 Å². The fraction of sp³-hybridized carbons (Fsp3) is 0.769. The largest absolute Gasteiger partial charge is 0.476 e. The van der Waals surface area contributed by atoms with Crippen molar-refractivity contribution in [1.29, 1.82) is 0 Å². The van der Waals surface area contributed by atoms with Crippen LogP contribution in [-0.2, 0) is 12.0 Å². The molecule has 100 valence electrons. The number of aromatic nitrogens is 2. The van der Waals surface area contributed by atoms with Crippen molar-refractivity contribution in [2.75, 3.05) is 19.7 Å². The molecule has 5 heteroatoms. The molecule has 0 N–H and O–H groups in total. The van der Waals surface area contributed by atoms with Gasteiger partial charge in [-0.1, -0.05) is 20.8 Å². The first-order valence-electron chi connectivity index (χ1n) is 6.52. The Kier molecular flexibility index (Phi) is 2.62. The van der Waals surface area contributed by atoms with E-state index in [-0.39, 0.29) is 11.5 Å². The lowest BCUT2D eigenvalue weighted by Crippen LogP contribution is -2.57. The highest BCUT2D eigenvalue weighted by Gasteiger charge is 2.36. The van der Waals surface area contributed by atoms with Gasteiger partial charge in [0.25, 0.3) is 0 Å². The van der Waals surface area contributed by atoms with Crippen molar-refractivity contribution in [3.05, 3.63) is 11.8 Å². The second kappa shape index (κ2) is 3.95. The Labute approximate surface area is 107 Å². The van der Waals surface area contributed by atoms with Gasteiger partial charge < -0.3 is 4.74 Å². The quantitative estimate of drug-likeness (QED) is 0.761. The molecule has 0 aromatic carbocycles. The number of ether oxygens (including phenoxy) is 1. The molecule has 1 atom stereocenters.